The maximum absolute atomic E-state index is 6.07. The Labute approximate surface area is 170 Å². The summed E-state index contributed by atoms with van der Waals surface area (Å²) in [6.07, 6.45) is 1.88. The molecule has 25 heavy (non-hydrogen) atoms. The Morgan fingerprint density at radius 3 is 1.88 bits per heavy atom. The second-order valence-electron chi connectivity index (χ2n) is 7.33. The minimum absolute atomic E-state index is 0. The molecule has 0 N–H and O–H groups in total. The molecule has 0 saturated carbocycles. The van der Waals surface area contributed by atoms with E-state index in [1.54, 1.807) is 0 Å². The molecule has 0 aromatic carbocycles. The number of piperazine rings is 1. The van der Waals surface area contributed by atoms with Gasteiger partial charge in [0, 0.05) is 37.8 Å². The average Bonchev–Trinajstić information content (AvgIpc) is 2.68. The first-order valence-electron chi connectivity index (χ1n) is 8.04. The van der Waals surface area contributed by atoms with Crippen LogP contribution in [0, 0.1) is 0 Å². The van der Waals surface area contributed by atoms with Crippen molar-refractivity contribution in [1.82, 2.24) is 9.88 Å². The van der Waals surface area contributed by atoms with Crippen molar-refractivity contribution in [2.45, 2.75) is 38.9 Å². The molecule has 0 spiro atoms. The third kappa shape index (κ3) is 5.15. The van der Waals surface area contributed by atoms with Crippen molar-refractivity contribution >= 4 is 55.6 Å². The lowest BCUT2D eigenvalue weighted by Gasteiger charge is -2.33. The molecule has 2 saturated heterocycles. The van der Waals surface area contributed by atoms with Gasteiger partial charge in [-0.3, -0.25) is 0 Å². The number of pyridine rings is 1. The van der Waals surface area contributed by atoms with Crippen LogP contribution in [0.4, 0.5) is 5.82 Å². The van der Waals surface area contributed by atoms with Crippen LogP contribution in [-0.4, -0.2) is 61.4 Å². The van der Waals surface area contributed by atoms with E-state index in [1.165, 1.54) is 0 Å². The largest absolute Gasteiger partial charge is 0.496 e. The molecule has 2 aliphatic rings. The van der Waals surface area contributed by atoms with E-state index in [-0.39, 0.29) is 55.5 Å². The van der Waals surface area contributed by atoms with Crippen LogP contribution in [0.3, 0.4) is 0 Å². The van der Waals surface area contributed by atoms with Gasteiger partial charge < -0.3 is 19.1 Å². The number of halogens is 3. The molecule has 0 unspecified atom stereocenters. The van der Waals surface area contributed by atoms with Crippen LogP contribution in [0.2, 0.25) is 0 Å². The normalized spacial score (nSPS) is 21.8. The highest BCUT2D eigenvalue weighted by atomic mass is 35.5. The van der Waals surface area contributed by atoms with Crippen molar-refractivity contribution in [2.24, 2.45) is 0 Å². The van der Waals surface area contributed by atoms with Crippen LogP contribution < -0.4 is 10.4 Å². The summed E-state index contributed by atoms with van der Waals surface area (Å²) in [6.45, 7) is 12.5. The van der Waals surface area contributed by atoms with E-state index in [0.29, 0.717) is 0 Å². The van der Waals surface area contributed by atoms with Crippen LogP contribution in [0.15, 0.2) is 18.3 Å². The standard InChI is InChI=1S/C16H26BN3O2.3ClH/c1-15(2)16(3,4)22-17(21-15)13-6-7-14(18-12-13)20-10-8-19(5)9-11-20;;;/h6-7,12H,8-11H2,1-5H3;3*1H. The van der Waals surface area contributed by atoms with E-state index in [1.807, 2.05) is 6.20 Å². The number of hydrogen-bond acceptors (Lipinski definition) is 5. The summed E-state index contributed by atoms with van der Waals surface area (Å²) in [4.78, 5) is 9.28. The zero-order chi connectivity index (χ0) is 16.0. The summed E-state index contributed by atoms with van der Waals surface area (Å²) >= 11 is 0. The van der Waals surface area contributed by atoms with Crippen LogP contribution >= 0.6 is 37.2 Å². The minimum Gasteiger partial charge on any atom is -0.399 e. The summed E-state index contributed by atoms with van der Waals surface area (Å²) < 4.78 is 12.1. The van der Waals surface area contributed by atoms with E-state index in [0.717, 1.165) is 37.5 Å². The topological polar surface area (TPSA) is 37.8 Å². The quantitative estimate of drug-likeness (QED) is 0.698. The highest BCUT2D eigenvalue weighted by Crippen LogP contribution is 2.36. The monoisotopic (exact) mass is 411 g/mol. The first-order valence-corrected chi connectivity index (χ1v) is 8.04. The predicted octanol–water partition coefficient (Wildman–Crippen LogP) is 2.40. The van der Waals surface area contributed by atoms with Crippen molar-refractivity contribution in [1.29, 1.82) is 0 Å². The summed E-state index contributed by atoms with van der Waals surface area (Å²) in [7, 11) is 1.82. The van der Waals surface area contributed by atoms with Gasteiger partial charge in [0.2, 0.25) is 0 Å². The van der Waals surface area contributed by atoms with Crippen molar-refractivity contribution < 1.29 is 9.31 Å². The van der Waals surface area contributed by atoms with Gasteiger partial charge in [-0.15, -0.1) is 37.2 Å². The van der Waals surface area contributed by atoms with Crippen molar-refractivity contribution in [3.8, 4) is 0 Å². The van der Waals surface area contributed by atoms with Crippen LogP contribution in [0.1, 0.15) is 27.7 Å². The second kappa shape index (κ2) is 9.11. The maximum Gasteiger partial charge on any atom is 0.496 e. The summed E-state index contributed by atoms with van der Waals surface area (Å²) in [5.74, 6) is 1.04. The Bertz CT molecular complexity index is 522. The number of nitrogens with zero attached hydrogens (tertiary/aromatic N) is 3. The predicted molar refractivity (Wildman–Crippen MR) is 111 cm³/mol. The SMILES string of the molecule is CN1CCN(c2ccc(B3OC(C)(C)C(C)(C)O3)cn2)CC1.Cl.Cl.Cl. The second-order valence-corrected chi connectivity index (χ2v) is 7.33. The molecule has 3 rings (SSSR count). The fraction of sp³-hybridized carbons (Fsp3) is 0.688. The van der Waals surface area contributed by atoms with Gasteiger partial charge in [-0.1, -0.05) is 6.07 Å². The minimum atomic E-state index is -0.334. The Morgan fingerprint density at radius 2 is 1.44 bits per heavy atom. The smallest absolute Gasteiger partial charge is 0.399 e. The van der Waals surface area contributed by atoms with Gasteiger partial charge in [-0.05, 0) is 40.8 Å². The fourth-order valence-electron chi connectivity index (χ4n) is 2.74. The number of aromatic nitrogens is 1. The average molecular weight is 413 g/mol. The van der Waals surface area contributed by atoms with Gasteiger partial charge in [0.15, 0.2) is 0 Å². The van der Waals surface area contributed by atoms with E-state index in [4.69, 9.17) is 9.31 Å². The zero-order valence-electron chi connectivity index (χ0n) is 15.5. The maximum atomic E-state index is 6.07. The number of anilines is 1. The molecular weight excluding hydrogens is 383 g/mol. The van der Waals surface area contributed by atoms with Crippen LogP contribution in [0.5, 0.6) is 0 Å². The Hall–Kier alpha value is -0.235. The first-order chi connectivity index (χ1) is 10.3. The van der Waals surface area contributed by atoms with Gasteiger partial charge >= 0.3 is 7.12 Å². The van der Waals surface area contributed by atoms with Gasteiger partial charge in [0.25, 0.3) is 0 Å². The van der Waals surface area contributed by atoms with E-state index < -0.39 is 0 Å². The Balaban J connectivity index is 0.00000192. The molecule has 0 radical (unpaired) electrons. The number of hydrogen-bond donors (Lipinski definition) is 0. The van der Waals surface area contributed by atoms with Crippen molar-refractivity contribution in [3.63, 3.8) is 0 Å². The highest BCUT2D eigenvalue weighted by molar-refractivity contribution is 6.62. The first kappa shape index (κ1) is 24.8. The molecule has 0 atom stereocenters. The zero-order valence-corrected chi connectivity index (χ0v) is 18.0. The molecule has 1 aromatic rings. The molecule has 5 nitrogen and oxygen atoms in total. The Morgan fingerprint density at radius 1 is 0.920 bits per heavy atom. The number of rotatable bonds is 2. The molecule has 3 heterocycles. The van der Waals surface area contributed by atoms with Gasteiger partial charge in [-0.25, -0.2) is 4.98 Å². The third-order valence-electron chi connectivity index (χ3n) is 5.12. The molecule has 0 bridgehead atoms. The molecule has 144 valence electrons. The third-order valence-corrected chi connectivity index (χ3v) is 5.12. The molecular formula is C16H29BCl3N3O2. The van der Waals surface area contributed by atoms with Crippen molar-refractivity contribution in [2.75, 3.05) is 38.1 Å². The lowest BCUT2D eigenvalue weighted by molar-refractivity contribution is 0.00578. The Kier molecular flexibility index (Phi) is 9.03. The molecule has 1 aromatic heterocycles. The van der Waals surface area contributed by atoms with Crippen molar-refractivity contribution in [3.05, 3.63) is 18.3 Å². The van der Waals surface area contributed by atoms with Crippen LogP contribution in [0.25, 0.3) is 0 Å². The van der Waals surface area contributed by atoms with Gasteiger partial charge in [0.05, 0.1) is 11.2 Å². The van der Waals surface area contributed by atoms with Gasteiger partial charge in [-0.2, -0.15) is 0 Å². The lowest BCUT2D eigenvalue weighted by Crippen LogP contribution is -2.45. The molecule has 0 amide bonds. The van der Waals surface area contributed by atoms with Gasteiger partial charge in [0.1, 0.15) is 5.82 Å². The van der Waals surface area contributed by atoms with E-state index in [9.17, 15) is 0 Å². The van der Waals surface area contributed by atoms with E-state index in [2.05, 4.69) is 61.7 Å². The molecule has 9 heteroatoms. The summed E-state index contributed by atoms with van der Waals surface area (Å²) in [5.41, 5.74) is 0.359. The van der Waals surface area contributed by atoms with E-state index >= 15 is 0 Å². The van der Waals surface area contributed by atoms with Crippen LogP contribution in [-0.2, 0) is 9.31 Å². The molecule has 0 aliphatic carbocycles. The summed E-state index contributed by atoms with van der Waals surface area (Å²) in [6, 6.07) is 4.15. The molecule has 2 fully saturated rings. The lowest BCUT2D eigenvalue weighted by atomic mass is 9.80. The fourth-order valence-corrected chi connectivity index (χ4v) is 2.74. The summed E-state index contributed by atoms with van der Waals surface area (Å²) in [5, 5.41) is 0. The highest BCUT2D eigenvalue weighted by Gasteiger charge is 2.51. The molecule has 2 aliphatic heterocycles. The number of likely N-dealkylation sites (N-methyl/N-ethyl adjacent to an activating group) is 1.